The monoisotopic (exact) mass is 351 g/mol. The number of hydrogen-bond acceptors (Lipinski definition) is 2. The maximum Gasteiger partial charge on any atom is 0.265 e. The van der Waals surface area contributed by atoms with Crippen molar-refractivity contribution < 1.29 is 17.2 Å². The Kier molecular flexibility index (Phi) is 4.41. The average Bonchev–Trinajstić information content (AvgIpc) is 2.43. The van der Waals surface area contributed by atoms with Gasteiger partial charge >= 0.3 is 0 Å². The smallest absolute Gasteiger partial charge is 0.265 e. The molecule has 2 aromatic rings. The molecule has 0 spiro atoms. The fourth-order valence-corrected chi connectivity index (χ4v) is 3.57. The Morgan fingerprint density at radius 1 is 1.00 bits per heavy atom. The molecule has 0 saturated carbocycles. The van der Waals surface area contributed by atoms with E-state index in [0.29, 0.717) is 0 Å². The van der Waals surface area contributed by atoms with Crippen LogP contribution in [0, 0.1) is 11.6 Å². The topological polar surface area (TPSA) is 37.4 Å². The minimum atomic E-state index is -4.05. The maximum absolute atomic E-state index is 13.2. The van der Waals surface area contributed by atoms with Crippen LogP contribution in [0.15, 0.2) is 41.3 Å². The Bertz CT molecular complexity index is 797. The summed E-state index contributed by atoms with van der Waals surface area (Å²) in [4.78, 5) is -0.219. The second kappa shape index (κ2) is 5.79. The Hall–Kier alpha value is -1.37. The maximum atomic E-state index is 13.2. The molecule has 0 atom stereocenters. The zero-order chi connectivity index (χ0) is 15.8. The first-order chi connectivity index (χ1) is 9.73. The van der Waals surface area contributed by atoms with Crippen molar-refractivity contribution in [3.63, 3.8) is 0 Å². The van der Waals surface area contributed by atoms with E-state index in [4.69, 9.17) is 23.2 Å². The Balaban J connectivity index is 2.52. The number of rotatable bonds is 3. The summed E-state index contributed by atoms with van der Waals surface area (Å²) in [6, 6.07) is 6.75. The van der Waals surface area contributed by atoms with Gasteiger partial charge in [0, 0.05) is 18.1 Å². The van der Waals surface area contributed by atoms with Crippen molar-refractivity contribution in [3.8, 4) is 0 Å². The molecule has 112 valence electrons. The fraction of sp³-hybridized carbons (Fsp3) is 0.0769. The molecule has 8 heteroatoms. The third-order valence-corrected chi connectivity index (χ3v) is 5.30. The summed E-state index contributed by atoms with van der Waals surface area (Å²) in [6.07, 6.45) is 0. The van der Waals surface area contributed by atoms with Crippen molar-refractivity contribution >= 4 is 38.9 Å². The highest BCUT2D eigenvalue weighted by atomic mass is 35.5. The van der Waals surface area contributed by atoms with E-state index in [0.717, 1.165) is 22.5 Å². The predicted octanol–water partition coefficient (Wildman–Crippen LogP) is 4.10. The molecule has 0 aromatic heterocycles. The summed E-state index contributed by atoms with van der Waals surface area (Å²) in [6.45, 7) is 0. The lowest BCUT2D eigenvalue weighted by atomic mass is 10.3. The highest BCUT2D eigenvalue weighted by Gasteiger charge is 2.25. The normalized spacial score (nSPS) is 11.5. The highest BCUT2D eigenvalue weighted by molar-refractivity contribution is 7.93. The van der Waals surface area contributed by atoms with Crippen molar-refractivity contribution in [3.05, 3.63) is 58.1 Å². The second-order valence-electron chi connectivity index (χ2n) is 4.15. The first kappa shape index (κ1) is 16.0. The zero-order valence-electron chi connectivity index (χ0n) is 10.6. The molecular formula is C13H9Cl2F2NO2S. The SMILES string of the molecule is CN(c1ccc(F)c(F)c1)S(=O)(=O)c1cc(Cl)ccc1Cl. The molecular weight excluding hydrogens is 343 g/mol. The first-order valence-electron chi connectivity index (χ1n) is 5.62. The van der Waals surface area contributed by atoms with E-state index in [9.17, 15) is 17.2 Å². The molecule has 0 saturated heterocycles. The number of hydrogen-bond donors (Lipinski definition) is 0. The van der Waals surface area contributed by atoms with Gasteiger partial charge in [-0.05, 0) is 30.3 Å². The molecule has 0 fully saturated rings. The van der Waals surface area contributed by atoms with Gasteiger partial charge in [-0.25, -0.2) is 17.2 Å². The quantitative estimate of drug-likeness (QED) is 0.834. The minimum absolute atomic E-state index is 0.0196. The number of anilines is 1. The van der Waals surface area contributed by atoms with Gasteiger partial charge in [-0.1, -0.05) is 23.2 Å². The summed E-state index contributed by atoms with van der Waals surface area (Å²) in [7, 11) is -2.84. The summed E-state index contributed by atoms with van der Waals surface area (Å²) in [5.41, 5.74) is -0.0371. The van der Waals surface area contributed by atoms with Crippen molar-refractivity contribution in [2.24, 2.45) is 0 Å². The van der Waals surface area contributed by atoms with E-state index in [1.165, 1.54) is 25.2 Å². The van der Waals surface area contributed by atoms with E-state index in [1.807, 2.05) is 0 Å². The Morgan fingerprint density at radius 3 is 2.29 bits per heavy atom. The van der Waals surface area contributed by atoms with Crippen LogP contribution < -0.4 is 4.31 Å². The standard InChI is InChI=1S/C13H9Cl2F2NO2S/c1-18(9-3-5-11(16)12(17)7-9)21(19,20)13-6-8(14)2-4-10(13)15/h2-7H,1H3. The van der Waals surface area contributed by atoms with Gasteiger partial charge < -0.3 is 0 Å². The molecule has 0 bridgehead atoms. The van der Waals surface area contributed by atoms with Gasteiger partial charge in [0.25, 0.3) is 10.0 Å². The van der Waals surface area contributed by atoms with Crippen molar-refractivity contribution in [1.82, 2.24) is 0 Å². The van der Waals surface area contributed by atoms with Crippen LogP contribution in [0.3, 0.4) is 0 Å². The summed E-state index contributed by atoms with van der Waals surface area (Å²) in [5, 5.41) is 0.172. The lowest BCUT2D eigenvalue weighted by Crippen LogP contribution is -2.27. The molecule has 2 aromatic carbocycles. The Morgan fingerprint density at radius 2 is 1.67 bits per heavy atom. The number of halogens is 4. The zero-order valence-corrected chi connectivity index (χ0v) is 13.0. The van der Waals surface area contributed by atoms with Crippen LogP contribution in [0.2, 0.25) is 10.0 Å². The van der Waals surface area contributed by atoms with Gasteiger partial charge in [0.1, 0.15) is 4.90 Å². The van der Waals surface area contributed by atoms with Gasteiger partial charge in [-0.15, -0.1) is 0 Å². The van der Waals surface area contributed by atoms with Crippen LogP contribution in [0.4, 0.5) is 14.5 Å². The molecule has 0 heterocycles. The number of sulfonamides is 1. The van der Waals surface area contributed by atoms with Gasteiger partial charge in [-0.2, -0.15) is 0 Å². The van der Waals surface area contributed by atoms with Gasteiger partial charge in [0.05, 0.1) is 10.7 Å². The third kappa shape index (κ3) is 3.12. The molecule has 0 amide bonds. The lowest BCUT2D eigenvalue weighted by Gasteiger charge is -2.20. The molecule has 2 rings (SSSR count). The molecule has 0 aliphatic heterocycles. The van der Waals surface area contributed by atoms with Gasteiger partial charge in [0.2, 0.25) is 0 Å². The molecule has 0 aliphatic rings. The minimum Gasteiger partial charge on any atom is -0.269 e. The van der Waals surface area contributed by atoms with Crippen molar-refractivity contribution in [2.75, 3.05) is 11.4 Å². The lowest BCUT2D eigenvalue weighted by molar-refractivity contribution is 0.509. The van der Waals surface area contributed by atoms with Crippen LogP contribution >= 0.6 is 23.2 Å². The van der Waals surface area contributed by atoms with Crippen LogP contribution in [-0.2, 0) is 10.0 Å². The Labute approximate surface area is 130 Å². The third-order valence-electron chi connectivity index (χ3n) is 2.80. The molecule has 0 aliphatic carbocycles. The predicted molar refractivity (Wildman–Crippen MR) is 78.4 cm³/mol. The van der Waals surface area contributed by atoms with Crippen molar-refractivity contribution in [2.45, 2.75) is 4.90 Å². The molecule has 21 heavy (non-hydrogen) atoms. The molecule has 0 N–H and O–H groups in total. The summed E-state index contributed by atoms with van der Waals surface area (Å²) < 4.78 is 51.9. The number of benzene rings is 2. The van der Waals surface area contributed by atoms with E-state index >= 15 is 0 Å². The highest BCUT2D eigenvalue weighted by Crippen LogP contribution is 2.30. The van der Waals surface area contributed by atoms with Crippen LogP contribution in [0.25, 0.3) is 0 Å². The van der Waals surface area contributed by atoms with E-state index in [2.05, 4.69) is 0 Å². The number of nitrogens with zero attached hydrogens (tertiary/aromatic N) is 1. The molecule has 3 nitrogen and oxygen atoms in total. The van der Waals surface area contributed by atoms with Gasteiger partial charge in [-0.3, -0.25) is 4.31 Å². The molecule has 0 unspecified atom stereocenters. The van der Waals surface area contributed by atoms with E-state index in [1.54, 1.807) is 0 Å². The van der Waals surface area contributed by atoms with Crippen LogP contribution in [0.1, 0.15) is 0 Å². The van der Waals surface area contributed by atoms with Crippen LogP contribution in [-0.4, -0.2) is 15.5 Å². The first-order valence-corrected chi connectivity index (χ1v) is 7.82. The summed E-state index contributed by atoms with van der Waals surface area (Å²) in [5.74, 6) is -2.21. The van der Waals surface area contributed by atoms with E-state index < -0.39 is 21.7 Å². The largest absolute Gasteiger partial charge is 0.269 e. The molecule has 0 radical (unpaired) electrons. The van der Waals surface area contributed by atoms with Crippen molar-refractivity contribution in [1.29, 1.82) is 0 Å². The average molecular weight is 352 g/mol. The van der Waals surface area contributed by atoms with Gasteiger partial charge in [0.15, 0.2) is 11.6 Å². The second-order valence-corrected chi connectivity index (χ2v) is 6.93. The van der Waals surface area contributed by atoms with E-state index in [-0.39, 0.29) is 20.6 Å². The van der Waals surface area contributed by atoms with Crippen LogP contribution in [0.5, 0.6) is 0 Å². The summed E-state index contributed by atoms with van der Waals surface area (Å²) >= 11 is 11.6. The fourth-order valence-electron chi connectivity index (χ4n) is 1.64.